The molecule has 1 aromatic carbocycles. The lowest BCUT2D eigenvalue weighted by Crippen LogP contribution is -2.48. The zero-order valence-corrected chi connectivity index (χ0v) is 22.5. The predicted molar refractivity (Wildman–Crippen MR) is 145 cm³/mol. The molecule has 194 valence electrons. The van der Waals surface area contributed by atoms with Gasteiger partial charge in [0.15, 0.2) is 17.1 Å². The number of H-pyrrole nitrogens is 1. The van der Waals surface area contributed by atoms with Crippen molar-refractivity contribution in [2.75, 3.05) is 40.4 Å². The highest BCUT2D eigenvalue weighted by Gasteiger charge is 2.30. The normalized spacial score (nSPS) is 18.8. The molecule has 3 aromatic rings. The molecule has 0 spiro atoms. The van der Waals surface area contributed by atoms with Crippen LogP contribution >= 0.6 is 0 Å². The van der Waals surface area contributed by atoms with Gasteiger partial charge in [-0.2, -0.15) is 0 Å². The largest absolute Gasteiger partial charge is 0.493 e. The number of aryl methyl sites for hydroxylation is 1. The van der Waals surface area contributed by atoms with E-state index in [1.54, 1.807) is 14.2 Å². The van der Waals surface area contributed by atoms with E-state index in [4.69, 9.17) is 19.4 Å². The molecule has 0 unspecified atom stereocenters. The first-order valence-corrected chi connectivity index (χ1v) is 13.6. The Bertz CT molecular complexity index is 1170. The molecule has 0 saturated carbocycles. The summed E-state index contributed by atoms with van der Waals surface area (Å²) in [6.07, 6.45) is 7.82. The molecule has 4 heterocycles. The Balaban J connectivity index is 1.32. The average Bonchev–Trinajstić information content (AvgIpc) is 3.30. The van der Waals surface area contributed by atoms with E-state index in [2.05, 4.69) is 41.6 Å². The molecule has 5 rings (SSSR count). The minimum absolute atomic E-state index is 0.484. The summed E-state index contributed by atoms with van der Waals surface area (Å²) in [6, 6.07) is 7.44. The molecular formula is C29H41N5O2. The molecule has 2 aliphatic rings. The molecule has 0 aliphatic carbocycles. The van der Waals surface area contributed by atoms with Gasteiger partial charge in [-0.25, -0.2) is 9.97 Å². The highest BCUT2D eigenvalue weighted by atomic mass is 16.5. The van der Waals surface area contributed by atoms with E-state index in [0.29, 0.717) is 12.0 Å². The number of hydrogen-bond donors (Lipinski definition) is 1. The van der Waals surface area contributed by atoms with Crippen molar-refractivity contribution in [1.82, 2.24) is 24.8 Å². The molecule has 2 aliphatic heterocycles. The molecule has 7 heteroatoms. The number of aromatic amines is 1. The Labute approximate surface area is 215 Å². The van der Waals surface area contributed by atoms with Gasteiger partial charge in [-0.15, -0.1) is 0 Å². The Kier molecular flexibility index (Phi) is 7.49. The van der Waals surface area contributed by atoms with E-state index in [-0.39, 0.29) is 0 Å². The molecule has 0 radical (unpaired) electrons. The first-order chi connectivity index (χ1) is 17.5. The summed E-state index contributed by atoms with van der Waals surface area (Å²) < 4.78 is 11.0. The molecule has 2 fully saturated rings. The second-order valence-electron chi connectivity index (χ2n) is 10.6. The standard InChI is InChI=1S/C29H41N5O2/c1-6-23-27(21-7-8-25(35-4)26(17-21)36-5)32-29-28(23)31-24(18-30-29)20-9-13-34(14-10-20)22-11-15-33(16-12-22)19(2)3/h7-8,17-20,22H,6,9-16H2,1-5H3,(H,30,32). The number of benzene rings is 1. The number of methoxy groups -OCH3 is 2. The lowest BCUT2D eigenvalue weighted by molar-refractivity contribution is 0.0750. The fraction of sp³-hybridized carbons (Fsp3) is 0.586. The number of nitrogens with one attached hydrogen (secondary N) is 1. The second-order valence-corrected chi connectivity index (χ2v) is 10.6. The van der Waals surface area contributed by atoms with Crippen LogP contribution in [-0.4, -0.2) is 77.2 Å². The molecule has 1 N–H and O–H groups in total. The van der Waals surface area contributed by atoms with Crippen molar-refractivity contribution in [2.45, 2.75) is 70.9 Å². The number of ether oxygens (including phenoxy) is 2. The predicted octanol–water partition coefficient (Wildman–Crippen LogP) is 5.26. The van der Waals surface area contributed by atoms with Crippen LogP contribution in [0.3, 0.4) is 0 Å². The topological polar surface area (TPSA) is 66.5 Å². The number of aromatic nitrogens is 3. The lowest BCUT2D eigenvalue weighted by atomic mass is 9.91. The van der Waals surface area contributed by atoms with E-state index < -0.39 is 0 Å². The number of hydrogen-bond acceptors (Lipinski definition) is 6. The third kappa shape index (κ3) is 4.83. The third-order valence-corrected chi connectivity index (χ3v) is 8.34. The highest BCUT2D eigenvalue weighted by molar-refractivity contribution is 5.86. The van der Waals surface area contributed by atoms with Gasteiger partial charge in [0.25, 0.3) is 0 Å². The second kappa shape index (κ2) is 10.8. The average molecular weight is 492 g/mol. The van der Waals surface area contributed by atoms with Crippen LogP contribution in [0.2, 0.25) is 0 Å². The van der Waals surface area contributed by atoms with Gasteiger partial charge >= 0.3 is 0 Å². The van der Waals surface area contributed by atoms with Gasteiger partial charge in [0.2, 0.25) is 0 Å². The van der Waals surface area contributed by atoms with Crippen LogP contribution in [0.25, 0.3) is 22.4 Å². The number of likely N-dealkylation sites (tertiary alicyclic amines) is 2. The molecule has 0 bridgehead atoms. The fourth-order valence-corrected chi connectivity index (χ4v) is 6.12. The fourth-order valence-electron chi connectivity index (χ4n) is 6.12. The summed E-state index contributed by atoms with van der Waals surface area (Å²) in [7, 11) is 3.33. The molecule has 2 saturated heterocycles. The summed E-state index contributed by atoms with van der Waals surface area (Å²) in [5.41, 5.74) is 6.33. The smallest absolute Gasteiger partial charge is 0.161 e. The number of piperidine rings is 2. The first kappa shape index (κ1) is 25.0. The Morgan fingerprint density at radius 3 is 2.36 bits per heavy atom. The molecule has 0 amide bonds. The van der Waals surface area contributed by atoms with E-state index in [9.17, 15) is 0 Å². The number of rotatable bonds is 7. The van der Waals surface area contributed by atoms with Crippen molar-refractivity contribution in [2.24, 2.45) is 0 Å². The SMILES string of the molecule is CCc1c(-c2ccc(OC)c(OC)c2)[nH]c2ncc(C3CCN(C4CCN(C(C)C)CC4)CC3)nc12. The maximum absolute atomic E-state index is 5.54. The van der Waals surface area contributed by atoms with E-state index in [1.807, 2.05) is 18.3 Å². The molecule has 36 heavy (non-hydrogen) atoms. The van der Waals surface area contributed by atoms with Gasteiger partial charge in [0.1, 0.15) is 5.52 Å². The van der Waals surface area contributed by atoms with E-state index in [0.717, 1.165) is 52.1 Å². The first-order valence-electron chi connectivity index (χ1n) is 13.6. The van der Waals surface area contributed by atoms with Crippen LogP contribution in [0.4, 0.5) is 0 Å². The molecule has 2 aromatic heterocycles. The molecular weight excluding hydrogens is 450 g/mol. The maximum atomic E-state index is 5.54. The van der Waals surface area contributed by atoms with Gasteiger partial charge in [-0.1, -0.05) is 6.92 Å². The number of nitrogens with zero attached hydrogens (tertiary/aromatic N) is 4. The summed E-state index contributed by atoms with van der Waals surface area (Å²) in [5, 5.41) is 0. The van der Waals surface area contributed by atoms with E-state index >= 15 is 0 Å². The van der Waals surface area contributed by atoms with Crippen LogP contribution in [0.15, 0.2) is 24.4 Å². The summed E-state index contributed by atoms with van der Waals surface area (Å²) in [5.74, 6) is 1.93. The van der Waals surface area contributed by atoms with Crippen molar-refractivity contribution in [3.8, 4) is 22.8 Å². The number of fused-ring (bicyclic) bond motifs is 1. The summed E-state index contributed by atoms with van der Waals surface area (Å²) in [4.78, 5) is 18.9. The summed E-state index contributed by atoms with van der Waals surface area (Å²) in [6.45, 7) is 11.6. The van der Waals surface area contributed by atoms with Gasteiger partial charge in [0, 0.05) is 29.1 Å². The third-order valence-electron chi connectivity index (χ3n) is 8.34. The zero-order valence-electron chi connectivity index (χ0n) is 22.5. The highest BCUT2D eigenvalue weighted by Crippen LogP contribution is 2.36. The Morgan fingerprint density at radius 1 is 1.00 bits per heavy atom. The summed E-state index contributed by atoms with van der Waals surface area (Å²) >= 11 is 0. The van der Waals surface area contributed by atoms with Crippen LogP contribution < -0.4 is 9.47 Å². The van der Waals surface area contributed by atoms with Crippen LogP contribution in [-0.2, 0) is 6.42 Å². The quantitative estimate of drug-likeness (QED) is 0.487. The monoisotopic (exact) mass is 491 g/mol. The lowest BCUT2D eigenvalue weighted by Gasteiger charge is -2.42. The van der Waals surface area contributed by atoms with Crippen molar-refractivity contribution >= 4 is 11.2 Å². The maximum Gasteiger partial charge on any atom is 0.161 e. The van der Waals surface area contributed by atoms with Crippen LogP contribution in [0.1, 0.15) is 63.6 Å². The minimum atomic E-state index is 0.484. The van der Waals surface area contributed by atoms with Crippen molar-refractivity contribution in [1.29, 1.82) is 0 Å². The Hall–Kier alpha value is -2.64. The molecule has 0 atom stereocenters. The van der Waals surface area contributed by atoms with Gasteiger partial charge in [-0.3, -0.25) is 0 Å². The van der Waals surface area contributed by atoms with Crippen molar-refractivity contribution in [3.63, 3.8) is 0 Å². The minimum Gasteiger partial charge on any atom is -0.493 e. The van der Waals surface area contributed by atoms with Gasteiger partial charge in [-0.05, 0) is 90.3 Å². The van der Waals surface area contributed by atoms with Crippen LogP contribution in [0.5, 0.6) is 11.5 Å². The Morgan fingerprint density at radius 2 is 1.72 bits per heavy atom. The van der Waals surface area contributed by atoms with Gasteiger partial charge < -0.3 is 24.3 Å². The molecule has 7 nitrogen and oxygen atoms in total. The van der Waals surface area contributed by atoms with Crippen molar-refractivity contribution < 1.29 is 9.47 Å². The van der Waals surface area contributed by atoms with Crippen LogP contribution in [0, 0.1) is 0 Å². The van der Waals surface area contributed by atoms with Crippen molar-refractivity contribution in [3.05, 3.63) is 35.7 Å². The zero-order chi connectivity index (χ0) is 25.2. The van der Waals surface area contributed by atoms with Gasteiger partial charge in [0.05, 0.1) is 31.8 Å². The van der Waals surface area contributed by atoms with E-state index in [1.165, 1.54) is 57.4 Å².